The second-order valence-electron chi connectivity index (χ2n) is 7.21. The summed E-state index contributed by atoms with van der Waals surface area (Å²) in [6.45, 7) is 2.16. The van der Waals surface area contributed by atoms with Gasteiger partial charge in [0.2, 0.25) is 11.8 Å². The van der Waals surface area contributed by atoms with Crippen molar-refractivity contribution in [3.63, 3.8) is 0 Å². The first-order valence-electron chi connectivity index (χ1n) is 8.95. The molecular formula is C18H20F2N4O2S. The molecule has 1 aromatic heterocycles. The van der Waals surface area contributed by atoms with Gasteiger partial charge < -0.3 is 10.2 Å². The van der Waals surface area contributed by atoms with Crippen LogP contribution in [0.4, 0.5) is 13.9 Å². The van der Waals surface area contributed by atoms with E-state index >= 15 is 0 Å². The van der Waals surface area contributed by atoms with Gasteiger partial charge in [-0.1, -0.05) is 11.3 Å². The lowest BCUT2D eigenvalue weighted by molar-refractivity contribution is -0.126. The minimum Gasteiger partial charge on any atom is -0.344 e. The first kappa shape index (κ1) is 18.2. The van der Waals surface area contributed by atoms with Crippen LogP contribution in [0, 0.1) is 17.6 Å². The number of benzene rings is 1. The van der Waals surface area contributed by atoms with Crippen molar-refractivity contribution in [1.82, 2.24) is 14.8 Å². The van der Waals surface area contributed by atoms with Crippen molar-refractivity contribution >= 4 is 38.5 Å². The number of likely N-dealkylation sites (N-methyl/N-ethyl adjacent to an activating group) is 1. The number of likely N-dealkylation sites (tertiary alicyclic amines) is 2. The van der Waals surface area contributed by atoms with Crippen molar-refractivity contribution in [1.29, 1.82) is 0 Å². The van der Waals surface area contributed by atoms with Gasteiger partial charge in [0.15, 0.2) is 10.9 Å². The minimum atomic E-state index is -0.736. The zero-order chi connectivity index (χ0) is 19.1. The average molecular weight is 394 g/mol. The van der Waals surface area contributed by atoms with Gasteiger partial charge in [-0.2, -0.15) is 0 Å². The first-order chi connectivity index (χ1) is 12.9. The number of carbonyl (C=O) groups is 2. The van der Waals surface area contributed by atoms with Gasteiger partial charge in [-0.25, -0.2) is 13.8 Å². The maximum absolute atomic E-state index is 13.8. The standard InChI is InChI=1S/C18H20F2N4O2S/c1-23-9-12(7-15(23)25)24-4-2-3-10(8-24)17(26)22-18-21-16-13(20)5-11(19)6-14(16)27-18/h5-6,10,12H,2-4,7-9H2,1H3,(H,21,22,26). The SMILES string of the molecule is CN1CC(N2CCCC(C(=O)Nc3nc4c(F)cc(F)cc4s3)C2)CC1=O. The Hall–Kier alpha value is -2.13. The van der Waals surface area contributed by atoms with E-state index in [0.29, 0.717) is 24.2 Å². The second kappa shape index (κ2) is 7.12. The summed E-state index contributed by atoms with van der Waals surface area (Å²) in [6, 6.07) is 2.14. The summed E-state index contributed by atoms with van der Waals surface area (Å²) in [7, 11) is 1.80. The predicted octanol–water partition coefficient (Wildman–Crippen LogP) is 2.46. The van der Waals surface area contributed by atoms with Crippen molar-refractivity contribution in [3.05, 3.63) is 23.8 Å². The monoisotopic (exact) mass is 394 g/mol. The third-order valence-electron chi connectivity index (χ3n) is 5.30. The summed E-state index contributed by atoms with van der Waals surface area (Å²) < 4.78 is 27.5. The summed E-state index contributed by atoms with van der Waals surface area (Å²) in [5.74, 6) is -1.65. The van der Waals surface area contributed by atoms with Crippen molar-refractivity contribution in [2.45, 2.75) is 25.3 Å². The maximum Gasteiger partial charge on any atom is 0.230 e. The van der Waals surface area contributed by atoms with Crippen LogP contribution < -0.4 is 5.32 Å². The fourth-order valence-electron chi connectivity index (χ4n) is 3.85. The smallest absolute Gasteiger partial charge is 0.230 e. The molecule has 0 bridgehead atoms. The number of rotatable bonds is 3. The highest BCUT2D eigenvalue weighted by Gasteiger charge is 2.35. The van der Waals surface area contributed by atoms with Gasteiger partial charge in [0, 0.05) is 38.7 Å². The van der Waals surface area contributed by atoms with Crippen LogP contribution in [-0.2, 0) is 9.59 Å². The van der Waals surface area contributed by atoms with Gasteiger partial charge in [-0.05, 0) is 25.5 Å². The zero-order valence-electron chi connectivity index (χ0n) is 14.9. The van der Waals surface area contributed by atoms with Gasteiger partial charge in [-0.3, -0.25) is 14.5 Å². The molecular weight excluding hydrogens is 374 g/mol. The largest absolute Gasteiger partial charge is 0.344 e. The normalized spacial score (nSPS) is 24.0. The molecule has 2 unspecified atom stereocenters. The number of nitrogens with zero attached hydrogens (tertiary/aromatic N) is 3. The number of carbonyl (C=O) groups excluding carboxylic acids is 2. The summed E-state index contributed by atoms with van der Waals surface area (Å²) >= 11 is 1.06. The second-order valence-corrected chi connectivity index (χ2v) is 8.24. The van der Waals surface area contributed by atoms with Crippen LogP contribution in [0.25, 0.3) is 10.2 Å². The number of nitrogens with one attached hydrogen (secondary N) is 1. The Morgan fingerprint density at radius 3 is 2.89 bits per heavy atom. The van der Waals surface area contributed by atoms with Gasteiger partial charge in [0.25, 0.3) is 0 Å². The molecule has 9 heteroatoms. The highest BCUT2D eigenvalue weighted by atomic mass is 32.1. The Balaban J connectivity index is 1.43. The summed E-state index contributed by atoms with van der Waals surface area (Å²) in [4.78, 5) is 32.5. The van der Waals surface area contributed by atoms with E-state index in [1.54, 1.807) is 11.9 Å². The lowest BCUT2D eigenvalue weighted by Crippen LogP contribution is -2.46. The van der Waals surface area contributed by atoms with Crippen LogP contribution >= 0.6 is 11.3 Å². The third kappa shape index (κ3) is 3.66. The van der Waals surface area contributed by atoms with E-state index in [2.05, 4.69) is 15.2 Å². The molecule has 2 aliphatic rings. The van der Waals surface area contributed by atoms with Crippen LogP contribution in [0.2, 0.25) is 0 Å². The Labute approximate surface area is 159 Å². The molecule has 2 fully saturated rings. The number of fused-ring (bicyclic) bond motifs is 1. The van der Waals surface area contributed by atoms with Crippen molar-refractivity contribution < 1.29 is 18.4 Å². The van der Waals surface area contributed by atoms with E-state index < -0.39 is 11.6 Å². The Morgan fingerprint density at radius 1 is 1.33 bits per heavy atom. The lowest BCUT2D eigenvalue weighted by Gasteiger charge is -2.35. The van der Waals surface area contributed by atoms with E-state index in [1.807, 2.05) is 0 Å². The highest BCUT2D eigenvalue weighted by Crippen LogP contribution is 2.30. The lowest BCUT2D eigenvalue weighted by atomic mass is 9.95. The topological polar surface area (TPSA) is 65.5 Å². The van der Waals surface area contributed by atoms with Gasteiger partial charge >= 0.3 is 0 Å². The number of hydrogen-bond acceptors (Lipinski definition) is 5. The highest BCUT2D eigenvalue weighted by molar-refractivity contribution is 7.22. The average Bonchev–Trinajstić information content (AvgIpc) is 3.18. The van der Waals surface area contributed by atoms with Gasteiger partial charge in [-0.15, -0.1) is 0 Å². The van der Waals surface area contributed by atoms with E-state index in [-0.39, 0.29) is 34.4 Å². The molecule has 6 nitrogen and oxygen atoms in total. The number of anilines is 1. The fourth-order valence-corrected chi connectivity index (χ4v) is 4.76. The molecule has 0 radical (unpaired) electrons. The molecule has 4 rings (SSSR count). The van der Waals surface area contributed by atoms with E-state index in [0.717, 1.165) is 36.8 Å². The van der Waals surface area contributed by atoms with Gasteiger partial charge in [0.1, 0.15) is 11.3 Å². The Bertz CT molecular complexity index is 903. The molecule has 2 aliphatic heterocycles. The third-order valence-corrected chi connectivity index (χ3v) is 6.22. The summed E-state index contributed by atoms with van der Waals surface area (Å²) in [5, 5.41) is 3.02. The Morgan fingerprint density at radius 2 is 2.15 bits per heavy atom. The van der Waals surface area contributed by atoms with E-state index in [1.165, 1.54) is 6.07 Å². The number of piperidine rings is 1. The minimum absolute atomic E-state index is 0.0643. The molecule has 2 saturated heterocycles. The summed E-state index contributed by atoms with van der Waals surface area (Å²) in [6.07, 6.45) is 2.13. The molecule has 0 saturated carbocycles. The van der Waals surface area contributed by atoms with Crippen LogP contribution in [0.1, 0.15) is 19.3 Å². The molecule has 1 N–H and O–H groups in total. The molecule has 2 atom stereocenters. The number of aromatic nitrogens is 1. The fraction of sp³-hybridized carbons (Fsp3) is 0.500. The van der Waals surface area contributed by atoms with Crippen LogP contribution in [0.5, 0.6) is 0 Å². The quantitative estimate of drug-likeness (QED) is 0.869. The summed E-state index contributed by atoms with van der Waals surface area (Å²) in [5.41, 5.74) is 0.0643. The van der Waals surface area contributed by atoms with Crippen molar-refractivity contribution in [2.24, 2.45) is 5.92 Å². The Kier molecular flexibility index (Phi) is 4.81. The van der Waals surface area contributed by atoms with E-state index in [9.17, 15) is 18.4 Å². The molecule has 3 heterocycles. The first-order valence-corrected chi connectivity index (χ1v) is 9.77. The molecule has 0 aliphatic carbocycles. The number of amides is 2. The molecule has 2 aromatic rings. The number of hydrogen-bond donors (Lipinski definition) is 1. The van der Waals surface area contributed by atoms with Crippen LogP contribution in [-0.4, -0.2) is 59.3 Å². The zero-order valence-corrected chi connectivity index (χ0v) is 15.7. The van der Waals surface area contributed by atoms with Crippen LogP contribution in [0.15, 0.2) is 12.1 Å². The van der Waals surface area contributed by atoms with Gasteiger partial charge in [0.05, 0.1) is 10.6 Å². The predicted molar refractivity (Wildman–Crippen MR) is 98.5 cm³/mol. The van der Waals surface area contributed by atoms with Crippen molar-refractivity contribution in [3.8, 4) is 0 Å². The molecule has 27 heavy (non-hydrogen) atoms. The van der Waals surface area contributed by atoms with E-state index in [4.69, 9.17) is 0 Å². The number of halogens is 2. The molecule has 0 spiro atoms. The number of thiazole rings is 1. The molecule has 1 aromatic carbocycles. The van der Waals surface area contributed by atoms with Crippen LogP contribution in [0.3, 0.4) is 0 Å². The van der Waals surface area contributed by atoms with Crippen molar-refractivity contribution in [2.75, 3.05) is 32.0 Å². The molecule has 2 amide bonds. The maximum atomic E-state index is 13.8. The molecule has 144 valence electrons.